The number of anilines is 1. The molecule has 0 aliphatic heterocycles. The highest BCUT2D eigenvalue weighted by molar-refractivity contribution is 6.33. The van der Waals surface area contributed by atoms with E-state index in [1.807, 2.05) is 0 Å². The van der Waals surface area contributed by atoms with E-state index in [9.17, 15) is 18.4 Å². The lowest BCUT2D eigenvalue weighted by Crippen LogP contribution is -2.39. The van der Waals surface area contributed by atoms with E-state index in [1.54, 1.807) is 18.5 Å². The minimum atomic E-state index is -1.08. The molecule has 1 aliphatic carbocycles. The van der Waals surface area contributed by atoms with Crippen molar-refractivity contribution in [1.82, 2.24) is 19.9 Å². The van der Waals surface area contributed by atoms with Gasteiger partial charge in [-0.1, -0.05) is 11.6 Å². The second-order valence-electron chi connectivity index (χ2n) is 7.20. The fraction of sp³-hybridized carbons (Fsp3) is 0.300. The van der Waals surface area contributed by atoms with Crippen molar-refractivity contribution in [2.75, 3.05) is 5.32 Å². The highest BCUT2D eigenvalue weighted by Crippen LogP contribution is 2.29. The number of fused-ring (bicyclic) bond motifs is 1. The summed E-state index contributed by atoms with van der Waals surface area (Å²) in [7, 11) is 0. The summed E-state index contributed by atoms with van der Waals surface area (Å²) in [5.41, 5.74) is 0.909. The molecule has 156 valence electrons. The van der Waals surface area contributed by atoms with E-state index in [4.69, 9.17) is 11.6 Å². The lowest BCUT2D eigenvalue weighted by Gasteiger charge is -2.28. The zero-order valence-corrected chi connectivity index (χ0v) is 16.5. The summed E-state index contributed by atoms with van der Waals surface area (Å²) in [6, 6.07) is 3.34. The molecule has 7 nitrogen and oxygen atoms in total. The Morgan fingerprint density at radius 1 is 1.13 bits per heavy atom. The Kier molecular flexibility index (Phi) is 5.63. The van der Waals surface area contributed by atoms with Crippen LogP contribution < -0.4 is 10.6 Å². The zero-order valence-electron chi connectivity index (χ0n) is 15.7. The number of aromatic nitrogens is 3. The molecule has 0 spiro atoms. The fourth-order valence-electron chi connectivity index (χ4n) is 3.60. The van der Waals surface area contributed by atoms with Gasteiger partial charge in [-0.05, 0) is 37.8 Å². The van der Waals surface area contributed by atoms with Gasteiger partial charge in [0.05, 0.1) is 16.9 Å². The number of nitrogens with one attached hydrogen (secondary N) is 2. The highest BCUT2D eigenvalue weighted by atomic mass is 35.5. The SMILES string of the molecule is O=C(NC1CCC(C(=O)Nc2cc(F)c(F)cc2Cl)CC1)c1cnn2cccnc12. The Hall–Kier alpha value is -3.07. The van der Waals surface area contributed by atoms with Gasteiger partial charge in [-0.3, -0.25) is 9.59 Å². The molecule has 2 heterocycles. The summed E-state index contributed by atoms with van der Waals surface area (Å²) >= 11 is 5.87. The molecule has 2 aromatic heterocycles. The van der Waals surface area contributed by atoms with Crippen molar-refractivity contribution in [3.63, 3.8) is 0 Å². The molecule has 1 aromatic carbocycles. The third-order valence-electron chi connectivity index (χ3n) is 5.22. The van der Waals surface area contributed by atoms with Crippen molar-refractivity contribution in [2.24, 2.45) is 5.92 Å². The number of halogens is 3. The quantitative estimate of drug-likeness (QED) is 0.615. The Labute approximate surface area is 175 Å². The van der Waals surface area contributed by atoms with Crippen molar-refractivity contribution in [2.45, 2.75) is 31.7 Å². The van der Waals surface area contributed by atoms with Gasteiger partial charge in [0, 0.05) is 30.4 Å². The molecule has 4 rings (SSSR count). The summed E-state index contributed by atoms with van der Waals surface area (Å²) in [5, 5.41) is 9.57. The molecule has 0 radical (unpaired) electrons. The van der Waals surface area contributed by atoms with Crippen molar-refractivity contribution in [1.29, 1.82) is 0 Å². The lowest BCUT2D eigenvalue weighted by atomic mass is 9.85. The van der Waals surface area contributed by atoms with Crippen LogP contribution in [-0.2, 0) is 4.79 Å². The summed E-state index contributed by atoms with van der Waals surface area (Å²) in [6.07, 6.45) is 7.10. The molecular formula is C20H18ClF2N5O2. The first kappa shape index (κ1) is 20.2. The van der Waals surface area contributed by atoms with Crippen LogP contribution in [0.1, 0.15) is 36.0 Å². The Balaban J connectivity index is 1.33. The van der Waals surface area contributed by atoms with Crippen LogP contribution in [0.5, 0.6) is 0 Å². The number of rotatable bonds is 4. The first-order chi connectivity index (χ1) is 14.4. The number of benzene rings is 1. The van der Waals surface area contributed by atoms with Crippen LogP contribution in [0.3, 0.4) is 0 Å². The predicted molar refractivity (Wildman–Crippen MR) is 106 cm³/mol. The van der Waals surface area contributed by atoms with Gasteiger partial charge in [0.25, 0.3) is 5.91 Å². The van der Waals surface area contributed by atoms with Gasteiger partial charge in [0.15, 0.2) is 17.3 Å². The van der Waals surface area contributed by atoms with E-state index in [2.05, 4.69) is 20.7 Å². The van der Waals surface area contributed by atoms with E-state index in [0.717, 1.165) is 12.1 Å². The lowest BCUT2D eigenvalue weighted by molar-refractivity contribution is -0.120. The van der Waals surface area contributed by atoms with Gasteiger partial charge in [-0.2, -0.15) is 5.10 Å². The van der Waals surface area contributed by atoms with Gasteiger partial charge in [-0.25, -0.2) is 18.3 Å². The maximum Gasteiger partial charge on any atom is 0.256 e. The van der Waals surface area contributed by atoms with Crippen LogP contribution in [0.15, 0.2) is 36.8 Å². The van der Waals surface area contributed by atoms with Crippen molar-refractivity contribution < 1.29 is 18.4 Å². The molecule has 30 heavy (non-hydrogen) atoms. The Morgan fingerprint density at radius 2 is 1.87 bits per heavy atom. The van der Waals surface area contributed by atoms with Crippen LogP contribution in [0.2, 0.25) is 5.02 Å². The Bertz CT molecular complexity index is 1110. The van der Waals surface area contributed by atoms with Crippen LogP contribution in [-0.4, -0.2) is 32.5 Å². The third kappa shape index (κ3) is 4.11. The standard InChI is InChI=1S/C20H18ClF2N5O2/c21-14-8-15(22)16(23)9-17(14)27-19(29)11-2-4-12(5-3-11)26-20(30)13-10-25-28-7-1-6-24-18(13)28/h1,6-12H,2-5H2,(H,26,30)(H,27,29). The van der Waals surface area contributed by atoms with Crippen molar-refractivity contribution >= 4 is 34.7 Å². The van der Waals surface area contributed by atoms with Crippen LogP contribution in [0, 0.1) is 17.6 Å². The number of hydrogen-bond acceptors (Lipinski definition) is 4. The normalized spacial score (nSPS) is 18.9. The zero-order chi connectivity index (χ0) is 21.3. The Morgan fingerprint density at radius 3 is 2.63 bits per heavy atom. The monoisotopic (exact) mass is 433 g/mol. The van der Waals surface area contributed by atoms with E-state index < -0.39 is 11.6 Å². The molecule has 0 bridgehead atoms. The van der Waals surface area contributed by atoms with Crippen LogP contribution >= 0.6 is 11.6 Å². The van der Waals surface area contributed by atoms with Crippen molar-refractivity contribution in [3.05, 3.63) is 59.0 Å². The van der Waals surface area contributed by atoms with Crippen molar-refractivity contribution in [3.8, 4) is 0 Å². The average Bonchev–Trinajstić information content (AvgIpc) is 3.17. The molecule has 10 heteroatoms. The predicted octanol–water partition coefficient (Wildman–Crippen LogP) is 3.59. The van der Waals surface area contributed by atoms with Gasteiger partial charge in [-0.15, -0.1) is 0 Å². The van der Waals surface area contributed by atoms with Gasteiger partial charge < -0.3 is 10.6 Å². The van der Waals surface area contributed by atoms with Gasteiger partial charge in [0.1, 0.15) is 5.56 Å². The average molecular weight is 434 g/mol. The van der Waals surface area contributed by atoms with Gasteiger partial charge in [0.2, 0.25) is 5.91 Å². The minimum Gasteiger partial charge on any atom is -0.349 e. The second kappa shape index (κ2) is 8.35. The molecule has 1 aliphatic rings. The summed E-state index contributed by atoms with van der Waals surface area (Å²) in [5.74, 6) is -3.02. The highest BCUT2D eigenvalue weighted by Gasteiger charge is 2.28. The first-order valence-electron chi connectivity index (χ1n) is 9.47. The van der Waals surface area contributed by atoms with E-state index in [0.29, 0.717) is 36.9 Å². The molecule has 2 N–H and O–H groups in total. The smallest absolute Gasteiger partial charge is 0.256 e. The maximum absolute atomic E-state index is 13.4. The van der Waals surface area contributed by atoms with Crippen LogP contribution in [0.4, 0.5) is 14.5 Å². The third-order valence-corrected chi connectivity index (χ3v) is 5.54. The second-order valence-corrected chi connectivity index (χ2v) is 7.61. The number of hydrogen-bond donors (Lipinski definition) is 2. The van der Waals surface area contributed by atoms with Gasteiger partial charge >= 0.3 is 0 Å². The number of amides is 2. The molecule has 1 fully saturated rings. The number of carbonyl (C=O) groups excluding carboxylic acids is 2. The fourth-order valence-corrected chi connectivity index (χ4v) is 3.80. The molecule has 0 saturated heterocycles. The first-order valence-corrected chi connectivity index (χ1v) is 9.85. The number of nitrogens with zero attached hydrogens (tertiary/aromatic N) is 3. The maximum atomic E-state index is 13.4. The number of carbonyl (C=O) groups is 2. The largest absolute Gasteiger partial charge is 0.349 e. The molecule has 0 unspecified atom stereocenters. The summed E-state index contributed by atoms with van der Waals surface area (Å²) in [4.78, 5) is 29.2. The van der Waals surface area contributed by atoms with E-state index in [-0.39, 0.29) is 34.5 Å². The van der Waals surface area contributed by atoms with E-state index >= 15 is 0 Å². The molecule has 2 amide bonds. The summed E-state index contributed by atoms with van der Waals surface area (Å²) < 4.78 is 28.1. The molecule has 3 aromatic rings. The minimum absolute atomic E-state index is 0.0385. The van der Waals surface area contributed by atoms with E-state index in [1.165, 1.54) is 10.7 Å². The molecule has 1 saturated carbocycles. The summed E-state index contributed by atoms with van der Waals surface area (Å²) in [6.45, 7) is 0. The molecule has 0 atom stereocenters. The topological polar surface area (TPSA) is 88.4 Å². The van der Waals surface area contributed by atoms with Crippen LogP contribution in [0.25, 0.3) is 5.65 Å². The molecular weight excluding hydrogens is 416 g/mol.